The van der Waals surface area contributed by atoms with Crippen molar-refractivity contribution in [2.75, 3.05) is 14.1 Å². The van der Waals surface area contributed by atoms with Crippen LogP contribution in [0.4, 0.5) is 0 Å². The SMILES string of the molecule is CN(C)Cc1ccc(-c2cc3c(Br)ccnc3n2S(=O)(=O)c2ccccc2)cc1. The predicted octanol–water partition coefficient (Wildman–Crippen LogP) is 4.76. The summed E-state index contributed by atoms with van der Waals surface area (Å²) < 4.78 is 29.2. The van der Waals surface area contributed by atoms with Crippen molar-refractivity contribution in [1.29, 1.82) is 0 Å². The van der Waals surface area contributed by atoms with Crippen LogP contribution in [0.3, 0.4) is 0 Å². The Morgan fingerprint density at radius 2 is 1.69 bits per heavy atom. The number of benzene rings is 2. The first-order valence-corrected chi connectivity index (χ1v) is 11.3. The van der Waals surface area contributed by atoms with Gasteiger partial charge in [-0.3, -0.25) is 0 Å². The summed E-state index contributed by atoms with van der Waals surface area (Å²) in [7, 11) is 0.209. The summed E-state index contributed by atoms with van der Waals surface area (Å²) in [6.45, 7) is 0.818. The van der Waals surface area contributed by atoms with Crippen LogP contribution in [0.1, 0.15) is 5.56 Å². The maximum atomic E-state index is 13.5. The molecule has 0 atom stereocenters. The van der Waals surface area contributed by atoms with Crippen molar-refractivity contribution in [2.24, 2.45) is 0 Å². The van der Waals surface area contributed by atoms with Gasteiger partial charge in [0.25, 0.3) is 10.0 Å². The van der Waals surface area contributed by atoms with E-state index in [-0.39, 0.29) is 4.90 Å². The van der Waals surface area contributed by atoms with E-state index in [1.165, 1.54) is 3.97 Å². The zero-order valence-electron chi connectivity index (χ0n) is 16.1. The molecule has 0 saturated heterocycles. The van der Waals surface area contributed by atoms with E-state index in [1.807, 2.05) is 50.5 Å². The van der Waals surface area contributed by atoms with Crippen LogP contribution >= 0.6 is 15.9 Å². The minimum Gasteiger partial charge on any atom is -0.305 e. The molecule has 4 rings (SSSR count). The fraction of sp³-hybridized carbons (Fsp3) is 0.136. The van der Waals surface area contributed by atoms with Gasteiger partial charge >= 0.3 is 0 Å². The highest BCUT2D eigenvalue weighted by Crippen LogP contribution is 2.34. The molecular formula is C22H20BrN3O2S. The molecule has 0 amide bonds. The summed E-state index contributed by atoms with van der Waals surface area (Å²) in [6, 6.07) is 20.1. The Morgan fingerprint density at radius 3 is 2.34 bits per heavy atom. The number of fused-ring (bicyclic) bond motifs is 1. The molecule has 0 aliphatic rings. The van der Waals surface area contributed by atoms with Crippen LogP contribution in [0.2, 0.25) is 0 Å². The lowest BCUT2D eigenvalue weighted by atomic mass is 10.1. The Morgan fingerprint density at radius 1 is 1.00 bits per heavy atom. The smallest absolute Gasteiger partial charge is 0.269 e. The predicted molar refractivity (Wildman–Crippen MR) is 119 cm³/mol. The van der Waals surface area contributed by atoms with Crippen LogP contribution in [0.15, 0.2) is 82.3 Å². The molecule has 0 unspecified atom stereocenters. The van der Waals surface area contributed by atoms with E-state index in [0.717, 1.165) is 27.5 Å². The van der Waals surface area contributed by atoms with Crippen molar-refractivity contribution in [2.45, 2.75) is 11.4 Å². The number of hydrogen-bond donors (Lipinski definition) is 0. The van der Waals surface area contributed by atoms with Crippen molar-refractivity contribution in [1.82, 2.24) is 13.9 Å². The van der Waals surface area contributed by atoms with Crippen molar-refractivity contribution in [3.05, 3.63) is 83.0 Å². The molecule has 0 N–H and O–H groups in total. The highest BCUT2D eigenvalue weighted by molar-refractivity contribution is 9.10. The van der Waals surface area contributed by atoms with E-state index in [0.29, 0.717) is 11.3 Å². The number of halogens is 1. The Labute approximate surface area is 178 Å². The molecule has 0 spiro atoms. The number of aromatic nitrogens is 2. The third-order valence-electron chi connectivity index (χ3n) is 4.64. The minimum atomic E-state index is -3.82. The second-order valence-electron chi connectivity index (χ2n) is 7.08. The maximum Gasteiger partial charge on any atom is 0.269 e. The van der Waals surface area contributed by atoms with Gasteiger partial charge in [-0.2, -0.15) is 0 Å². The van der Waals surface area contributed by atoms with Crippen LogP contribution in [0, 0.1) is 0 Å². The fourth-order valence-electron chi connectivity index (χ4n) is 3.33. The topological polar surface area (TPSA) is 55.2 Å². The lowest BCUT2D eigenvalue weighted by Gasteiger charge is -2.13. The van der Waals surface area contributed by atoms with Crippen LogP contribution in [-0.4, -0.2) is 36.4 Å². The molecule has 2 aromatic heterocycles. The van der Waals surface area contributed by atoms with E-state index >= 15 is 0 Å². The van der Waals surface area contributed by atoms with Gasteiger partial charge in [0, 0.05) is 22.6 Å². The van der Waals surface area contributed by atoms with Gasteiger partial charge in [0.15, 0.2) is 5.65 Å². The number of nitrogens with zero attached hydrogens (tertiary/aromatic N) is 3. The van der Waals surface area contributed by atoms with E-state index in [1.54, 1.807) is 36.5 Å². The Bertz CT molecular complexity index is 1260. The second kappa shape index (κ2) is 7.74. The summed E-state index contributed by atoms with van der Waals surface area (Å²) in [5.41, 5.74) is 2.96. The standard InChI is InChI=1S/C22H20BrN3O2S/c1-25(2)15-16-8-10-17(11-9-16)21-14-19-20(23)12-13-24-22(19)26(21)29(27,28)18-6-4-3-5-7-18/h3-14H,15H2,1-2H3. The average Bonchev–Trinajstić information content (AvgIpc) is 3.10. The largest absolute Gasteiger partial charge is 0.305 e. The van der Waals surface area contributed by atoms with E-state index in [4.69, 9.17) is 0 Å². The lowest BCUT2D eigenvalue weighted by molar-refractivity contribution is 0.402. The van der Waals surface area contributed by atoms with E-state index < -0.39 is 10.0 Å². The van der Waals surface area contributed by atoms with E-state index in [9.17, 15) is 8.42 Å². The molecule has 29 heavy (non-hydrogen) atoms. The zero-order valence-corrected chi connectivity index (χ0v) is 18.5. The molecule has 2 aromatic carbocycles. The summed E-state index contributed by atoms with van der Waals surface area (Å²) in [6.07, 6.45) is 1.60. The van der Waals surface area contributed by atoms with Crippen LogP contribution in [-0.2, 0) is 16.6 Å². The molecule has 148 valence electrons. The van der Waals surface area contributed by atoms with Gasteiger partial charge in [-0.15, -0.1) is 0 Å². The van der Waals surface area contributed by atoms with Gasteiger partial charge in [-0.1, -0.05) is 42.5 Å². The van der Waals surface area contributed by atoms with Gasteiger partial charge in [0.2, 0.25) is 0 Å². The highest BCUT2D eigenvalue weighted by Gasteiger charge is 2.25. The monoisotopic (exact) mass is 469 g/mol. The van der Waals surface area contributed by atoms with Gasteiger partial charge in [-0.05, 0) is 65.4 Å². The first-order valence-electron chi connectivity index (χ1n) is 9.08. The second-order valence-corrected chi connectivity index (χ2v) is 9.72. The van der Waals surface area contributed by atoms with Crippen molar-refractivity contribution >= 4 is 37.0 Å². The quantitative estimate of drug-likeness (QED) is 0.422. The van der Waals surface area contributed by atoms with Gasteiger partial charge in [-0.25, -0.2) is 17.4 Å². The molecule has 0 radical (unpaired) electrons. The number of rotatable bonds is 5. The Hall–Kier alpha value is -2.48. The third-order valence-corrected chi connectivity index (χ3v) is 7.05. The average molecular weight is 470 g/mol. The van der Waals surface area contributed by atoms with Gasteiger partial charge in [0.1, 0.15) is 0 Å². The van der Waals surface area contributed by atoms with Crippen LogP contribution in [0.25, 0.3) is 22.3 Å². The molecular weight excluding hydrogens is 450 g/mol. The third kappa shape index (κ3) is 3.73. The highest BCUT2D eigenvalue weighted by atomic mass is 79.9. The summed E-state index contributed by atoms with van der Waals surface area (Å²) in [5.74, 6) is 0. The fourth-order valence-corrected chi connectivity index (χ4v) is 5.24. The molecule has 7 heteroatoms. The number of pyridine rings is 1. The van der Waals surface area contributed by atoms with Crippen molar-refractivity contribution < 1.29 is 8.42 Å². The van der Waals surface area contributed by atoms with Crippen molar-refractivity contribution in [3.63, 3.8) is 0 Å². The van der Waals surface area contributed by atoms with Crippen molar-refractivity contribution in [3.8, 4) is 11.3 Å². The molecule has 4 aromatic rings. The van der Waals surface area contributed by atoms with Gasteiger partial charge < -0.3 is 4.90 Å². The summed E-state index contributed by atoms with van der Waals surface area (Å²) in [4.78, 5) is 6.70. The summed E-state index contributed by atoms with van der Waals surface area (Å²) >= 11 is 3.52. The first-order chi connectivity index (χ1) is 13.9. The maximum absolute atomic E-state index is 13.5. The molecule has 0 aliphatic heterocycles. The Kier molecular flexibility index (Phi) is 5.29. The Balaban J connectivity index is 1.95. The normalized spacial score (nSPS) is 12.0. The lowest BCUT2D eigenvalue weighted by Crippen LogP contribution is -2.14. The first kappa shape index (κ1) is 19.8. The van der Waals surface area contributed by atoms with Gasteiger partial charge in [0.05, 0.1) is 10.6 Å². The van der Waals surface area contributed by atoms with Crippen LogP contribution < -0.4 is 0 Å². The molecule has 0 fully saturated rings. The number of hydrogen-bond acceptors (Lipinski definition) is 4. The minimum absolute atomic E-state index is 0.227. The molecule has 5 nitrogen and oxygen atoms in total. The summed E-state index contributed by atoms with van der Waals surface area (Å²) in [5, 5.41) is 0.749. The van der Waals surface area contributed by atoms with E-state index in [2.05, 4.69) is 25.8 Å². The molecule has 0 bridgehead atoms. The molecule has 0 saturated carbocycles. The van der Waals surface area contributed by atoms with Crippen LogP contribution in [0.5, 0.6) is 0 Å². The molecule has 2 heterocycles. The molecule has 0 aliphatic carbocycles. The zero-order chi connectivity index (χ0) is 20.6.